The number of carbonyl (C=O) groups excluding carboxylic acids is 1. The van der Waals surface area contributed by atoms with Crippen LogP contribution in [0.1, 0.15) is 18.4 Å². The molecule has 0 unspecified atom stereocenters. The van der Waals surface area contributed by atoms with Crippen molar-refractivity contribution in [2.24, 2.45) is 5.92 Å². The average Bonchev–Trinajstić information content (AvgIpc) is 3.23. The summed E-state index contributed by atoms with van der Waals surface area (Å²) in [6.07, 6.45) is 2.50. The number of ether oxygens (including phenoxy) is 1. The second-order valence-corrected chi connectivity index (χ2v) is 4.62. The molecule has 1 amide bonds. The SMILES string of the molecule is COc1cccc(C#N)c1NC(=O)CNCC1CC1. The highest BCUT2D eigenvalue weighted by Gasteiger charge is 2.20. The van der Waals surface area contributed by atoms with Gasteiger partial charge < -0.3 is 15.4 Å². The van der Waals surface area contributed by atoms with Crippen molar-refractivity contribution in [3.05, 3.63) is 23.8 Å². The number of anilines is 1. The van der Waals surface area contributed by atoms with E-state index in [4.69, 9.17) is 10.00 Å². The van der Waals surface area contributed by atoms with Crippen LogP contribution in [0.5, 0.6) is 5.75 Å². The summed E-state index contributed by atoms with van der Waals surface area (Å²) < 4.78 is 5.16. The predicted molar refractivity (Wildman–Crippen MR) is 71.9 cm³/mol. The molecule has 100 valence electrons. The number of nitrogens with one attached hydrogen (secondary N) is 2. The Morgan fingerprint density at radius 1 is 1.53 bits per heavy atom. The van der Waals surface area contributed by atoms with Gasteiger partial charge in [-0.3, -0.25) is 4.79 Å². The Balaban J connectivity index is 1.96. The van der Waals surface area contributed by atoms with Crippen molar-refractivity contribution < 1.29 is 9.53 Å². The molecule has 0 bridgehead atoms. The second-order valence-electron chi connectivity index (χ2n) is 4.62. The molecule has 0 aliphatic heterocycles. The van der Waals surface area contributed by atoms with E-state index in [0.29, 0.717) is 17.0 Å². The fourth-order valence-corrected chi connectivity index (χ4v) is 1.82. The Labute approximate surface area is 112 Å². The van der Waals surface area contributed by atoms with E-state index in [1.54, 1.807) is 18.2 Å². The zero-order valence-corrected chi connectivity index (χ0v) is 10.9. The maximum absolute atomic E-state index is 11.8. The van der Waals surface area contributed by atoms with Crippen molar-refractivity contribution >= 4 is 11.6 Å². The average molecular weight is 259 g/mol. The van der Waals surface area contributed by atoms with Gasteiger partial charge in [0.05, 0.1) is 19.2 Å². The number of hydrogen-bond donors (Lipinski definition) is 2. The number of carbonyl (C=O) groups is 1. The van der Waals surface area contributed by atoms with E-state index in [1.807, 2.05) is 6.07 Å². The van der Waals surface area contributed by atoms with Gasteiger partial charge in [0.2, 0.25) is 5.91 Å². The van der Waals surface area contributed by atoms with Crippen LogP contribution in [-0.2, 0) is 4.79 Å². The largest absolute Gasteiger partial charge is 0.495 e. The van der Waals surface area contributed by atoms with Gasteiger partial charge in [0, 0.05) is 0 Å². The van der Waals surface area contributed by atoms with Gasteiger partial charge in [0.25, 0.3) is 0 Å². The Bertz CT molecular complexity index is 504. The Hall–Kier alpha value is -2.06. The fourth-order valence-electron chi connectivity index (χ4n) is 1.82. The van der Waals surface area contributed by atoms with Gasteiger partial charge in [-0.1, -0.05) is 6.07 Å². The van der Waals surface area contributed by atoms with E-state index in [9.17, 15) is 4.79 Å². The van der Waals surface area contributed by atoms with Gasteiger partial charge in [0.1, 0.15) is 17.5 Å². The molecule has 0 aromatic heterocycles. The smallest absolute Gasteiger partial charge is 0.238 e. The van der Waals surface area contributed by atoms with Crippen molar-refractivity contribution in [3.8, 4) is 11.8 Å². The molecule has 1 aliphatic rings. The second kappa shape index (κ2) is 6.21. The third-order valence-electron chi connectivity index (χ3n) is 3.05. The minimum Gasteiger partial charge on any atom is -0.495 e. The first-order valence-corrected chi connectivity index (χ1v) is 6.32. The summed E-state index contributed by atoms with van der Waals surface area (Å²) in [6.45, 7) is 1.13. The molecule has 1 aliphatic carbocycles. The summed E-state index contributed by atoms with van der Waals surface area (Å²) in [7, 11) is 1.51. The number of rotatable bonds is 6. The van der Waals surface area contributed by atoms with Crippen LogP contribution in [0.25, 0.3) is 0 Å². The van der Waals surface area contributed by atoms with Gasteiger partial charge in [-0.05, 0) is 37.4 Å². The summed E-state index contributed by atoms with van der Waals surface area (Å²) in [4.78, 5) is 11.8. The maximum atomic E-state index is 11.8. The maximum Gasteiger partial charge on any atom is 0.238 e. The number of nitrogens with zero attached hydrogens (tertiary/aromatic N) is 1. The Morgan fingerprint density at radius 2 is 2.32 bits per heavy atom. The van der Waals surface area contributed by atoms with E-state index in [2.05, 4.69) is 10.6 Å². The molecular formula is C14H17N3O2. The molecule has 0 atom stereocenters. The molecular weight excluding hydrogens is 242 g/mol. The number of amides is 1. The highest BCUT2D eigenvalue weighted by Crippen LogP contribution is 2.28. The van der Waals surface area contributed by atoms with Crippen LogP contribution >= 0.6 is 0 Å². The lowest BCUT2D eigenvalue weighted by atomic mass is 10.1. The van der Waals surface area contributed by atoms with Gasteiger partial charge in [-0.25, -0.2) is 0 Å². The third-order valence-corrected chi connectivity index (χ3v) is 3.05. The van der Waals surface area contributed by atoms with Crippen LogP contribution in [0, 0.1) is 17.2 Å². The highest BCUT2D eigenvalue weighted by atomic mass is 16.5. The molecule has 0 radical (unpaired) electrons. The van der Waals surface area contributed by atoms with E-state index in [1.165, 1.54) is 20.0 Å². The van der Waals surface area contributed by atoms with Crippen LogP contribution in [0.4, 0.5) is 5.69 Å². The number of hydrogen-bond acceptors (Lipinski definition) is 4. The zero-order valence-electron chi connectivity index (χ0n) is 10.9. The monoisotopic (exact) mass is 259 g/mol. The molecule has 1 saturated carbocycles. The Morgan fingerprint density at radius 3 is 2.95 bits per heavy atom. The molecule has 0 heterocycles. The zero-order chi connectivity index (χ0) is 13.7. The van der Waals surface area contributed by atoms with E-state index in [0.717, 1.165) is 12.5 Å². The van der Waals surface area contributed by atoms with Crippen molar-refractivity contribution in [1.82, 2.24) is 5.32 Å². The lowest BCUT2D eigenvalue weighted by Gasteiger charge is -2.11. The molecule has 1 aromatic rings. The predicted octanol–water partition coefficient (Wildman–Crippen LogP) is 1.50. The van der Waals surface area contributed by atoms with Crippen molar-refractivity contribution in [3.63, 3.8) is 0 Å². The van der Waals surface area contributed by atoms with Crippen LogP contribution in [-0.4, -0.2) is 26.1 Å². The minimum absolute atomic E-state index is 0.165. The van der Waals surface area contributed by atoms with Crippen molar-refractivity contribution in [2.45, 2.75) is 12.8 Å². The molecule has 1 aromatic carbocycles. The molecule has 5 nitrogen and oxygen atoms in total. The Kier molecular flexibility index (Phi) is 4.37. The van der Waals surface area contributed by atoms with E-state index >= 15 is 0 Å². The highest BCUT2D eigenvalue weighted by molar-refractivity contribution is 5.95. The summed E-state index contributed by atoms with van der Waals surface area (Å²) in [5, 5.41) is 14.9. The summed E-state index contributed by atoms with van der Waals surface area (Å²) in [6, 6.07) is 7.13. The van der Waals surface area contributed by atoms with Crippen LogP contribution < -0.4 is 15.4 Å². The summed E-state index contributed by atoms with van der Waals surface area (Å²) in [5.41, 5.74) is 0.834. The lowest BCUT2D eigenvalue weighted by molar-refractivity contribution is -0.115. The van der Waals surface area contributed by atoms with Crippen LogP contribution in [0.3, 0.4) is 0 Å². The molecule has 19 heavy (non-hydrogen) atoms. The topological polar surface area (TPSA) is 74.1 Å². The molecule has 1 fully saturated rings. The molecule has 0 saturated heterocycles. The number of para-hydroxylation sites is 1. The first kappa shape index (κ1) is 13.4. The van der Waals surface area contributed by atoms with E-state index < -0.39 is 0 Å². The molecule has 0 spiro atoms. The fraction of sp³-hybridized carbons (Fsp3) is 0.429. The van der Waals surface area contributed by atoms with Crippen LogP contribution in [0.2, 0.25) is 0 Å². The standard InChI is InChI=1S/C14H17N3O2/c1-19-12-4-2-3-11(7-15)14(12)17-13(18)9-16-8-10-5-6-10/h2-4,10,16H,5-6,8-9H2,1H3,(H,17,18). The number of nitriles is 1. The number of benzene rings is 1. The van der Waals surface area contributed by atoms with Gasteiger partial charge in [-0.2, -0.15) is 5.26 Å². The first-order valence-electron chi connectivity index (χ1n) is 6.32. The quantitative estimate of drug-likeness (QED) is 0.812. The van der Waals surface area contributed by atoms with Gasteiger partial charge in [-0.15, -0.1) is 0 Å². The van der Waals surface area contributed by atoms with E-state index in [-0.39, 0.29) is 12.5 Å². The van der Waals surface area contributed by atoms with Crippen molar-refractivity contribution in [1.29, 1.82) is 5.26 Å². The van der Waals surface area contributed by atoms with Crippen LogP contribution in [0.15, 0.2) is 18.2 Å². The first-order chi connectivity index (χ1) is 9.24. The summed E-state index contributed by atoms with van der Waals surface area (Å²) >= 11 is 0. The minimum atomic E-state index is -0.165. The summed E-state index contributed by atoms with van der Waals surface area (Å²) in [5.74, 6) is 1.06. The normalized spacial score (nSPS) is 13.7. The molecule has 2 rings (SSSR count). The van der Waals surface area contributed by atoms with Gasteiger partial charge >= 0.3 is 0 Å². The van der Waals surface area contributed by atoms with Gasteiger partial charge in [0.15, 0.2) is 0 Å². The van der Waals surface area contributed by atoms with Crippen molar-refractivity contribution in [2.75, 3.05) is 25.5 Å². The third kappa shape index (κ3) is 3.70. The number of methoxy groups -OCH3 is 1. The lowest BCUT2D eigenvalue weighted by Crippen LogP contribution is -2.29. The molecule has 2 N–H and O–H groups in total. The molecule has 5 heteroatoms.